The van der Waals surface area contributed by atoms with Crippen LogP contribution in [0.2, 0.25) is 0 Å². The van der Waals surface area contributed by atoms with Crippen molar-refractivity contribution in [3.05, 3.63) is 9.98 Å². The fraction of sp³-hybridized carbons (Fsp3) is 0.375. The van der Waals surface area contributed by atoms with Crippen LogP contribution in [0.15, 0.2) is 9.98 Å². The maximum Gasteiger partial charge on any atom is 0.332 e. The molecular formula is C8H10BrN3O3S. The number of thiazole rings is 1. The van der Waals surface area contributed by atoms with Gasteiger partial charge in [-0.25, -0.2) is 9.78 Å². The lowest BCUT2D eigenvalue weighted by molar-refractivity contribution is -0.146. The summed E-state index contributed by atoms with van der Waals surface area (Å²) in [6.07, 6.45) is 1.54. The Hall–Kier alpha value is -0.990. The number of aromatic nitrogens is 1. The number of rotatable bonds is 4. The highest BCUT2D eigenvalue weighted by Crippen LogP contribution is 2.22. The molecule has 3 N–H and O–H groups in total. The maximum atomic E-state index is 11.5. The van der Waals surface area contributed by atoms with Gasteiger partial charge in [0.1, 0.15) is 0 Å². The molecule has 0 aliphatic heterocycles. The zero-order valence-electron chi connectivity index (χ0n) is 8.40. The second-order valence-corrected chi connectivity index (χ2v) is 5.10. The van der Waals surface area contributed by atoms with E-state index in [1.807, 2.05) is 0 Å². The van der Waals surface area contributed by atoms with Gasteiger partial charge < -0.3 is 15.8 Å². The first-order valence-electron chi connectivity index (χ1n) is 4.39. The lowest BCUT2D eigenvalue weighted by atomic mass is 10.3. The van der Waals surface area contributed by atoms with Crippen LogP contribution in [0, 0.1) is 0 Å². The Balaban J connectivity index is 2.55. The number of nitrogens with one attached hydrogen (secondary N) is 1. The second kappa shape index (κ2) is 5.92. The largest absolute Gasteiger partial charge is 0.464 e. The number of carbonyl (C=O) groups is 2. The molecule has 1 rings (SSSR count). The zero-order chi connectivity index (χ0) is 12.1. The highest BCUT2D eigenvalue weighted by atomic mass is 79.9. The molecule has 6 nitrogen and oxygen atoms in total. The number of carbonyl (C=O) groups excluding carboxylic acids is 2. The molecule has 0 aliphatic carbocycles. The molecule has 0 fully saturated rings. The summed E-state index contributed by atoms with van der Waals surface area (Å²) in [6, 6.07) is -1.33. The van der Waals surface area contributed by atoms with E-state index in [2.05, 4.69) is 31.0 Å². The number of amides is 1. The summed E-state index contributed by atoms with van der Waals surface area (Å²) < 4.78 is 5.39. The lowest BCUT2D eigenvalue weighted by Gasteiger charge is -2.09. The van der Waals surface area contributed by atoms with Gasteiger partial charge in [0.05, 0.1) is 16.6 Å². The molecule has 1 aromatic rings. The molecule has 1 amide bonds. The van der Waals surface area contributed by atoms with E-state index in [1.54, 1.807) is 6.92 Å². The third kappa shape index (κ3) is 3.54. The van der Waals surface area contributed by atoms with E-state index < -0.39 is 17.9 Å². The number of halogens is 1. The van der Waals surface area contributed by atoms with Gasteiger partial charge in [0.2, 0.25) is 0 Å². The molecule has 0 aromatic carbocycles. The number of ether oxygens (including phenoxy) is 1. The van der Waals surface area contributed by atoms with Crippen molar-refractivity contribution < 1.29 is 14.3 Å². The fourth-order valence-electron chi connectivity index (χ4n) is 0.834. The molecule has 0 bridgehead atoms. The van der Waals surface area contributed by atoms with Crippen molar-refractivity contribution in [2.75, 3.05) is 11.9 Å². The van der Waals surface area contributed by atoms with Crippen LogP contribution in [0.25, 0.3) is 0 Å². The molecule has 0 radical (unpaired) electrons. The first-order chi connectivity index (χ1) is 7.54. The molecule has 88 valence electrons. The van der Waals surface area contributed by atoms with Crippen LogP contribution >= 0.6 is 27.3 Å². The molecule has 1 atom stereocenters. The summed E-state index contributed by atoms with van der Waals surface area (Å²) in [7, 11) is 0. The lowest BCUT2D eigenvalue weighted by Crippen LogP contribution is -2.43. The number of nitrogens with zero attached hydrogens (tertiary/aromatic N) is 1. The van der Waals surface area contributed by atoms with E-state index in [4.69, 9.17) is 5.73 Å². The topological polar surface area (TPSA) is 94.3 Å². The minimum absolute atomic E-state index is 0.183. The van der Waals surface area contributed by atoms with Crippen LogP contribution < -0.4 is 11.1 Å². The minimum atomic E-state index is -1.33. The molecule has 0 spiro atoms. The van der Waals surface area contributed by atoms with Crippen molar-refractivity contribution in [1.29, 1.82) is 0 Å². The van der Waals surface area contributed by atoms with Crippen molar-refractivity contribution >= 4 is 44.3 Å². The first-order valence-corrected chi connectivity index (χ1v) is 6.00. The molecule has 8 heteroatoms. The number of hydrogen-bond donors (Lipinski definition) is 2. The van der Waals surface area contributed by atoms with Gasteiger partial charge in [0.15, 0.2) is 11.2 Å². The first kappa shape index (κ1) is 13.1. The Kier molecular flexibility index (Phi) is 4.84. The van der Waals surface area contributed by atoms with E-state index in [0.29, 0.717) is 5.13 Å². The molecule has 1 unspecified atom stereocenters. The maximum absolute atomic E-state index is 11.5. The van der Waals surface area contributed by atoms with E-state index in [1.165, 1.54) is 17.5 Å². The second-order valence-electron chi connectivity index (χ2n) is 2.69. The Labute approximate surface area is 104 Å². The van der Waals surface area contributed by atoms with Crippen molar-refractivity contribution in [2.24, 2.45) is 5.73 Å². The molecule has 0 aliphatic rings. The van der Waals surface area contributed by atoms with Gasteiger partial charge in [-0.15, -0.1) is 0 Å². The Morgan fingerprint density at radius 1 is 1.75 bits per heavy atom. The highest BCUT2D eigenvalue weighted by molar-refractivity contribution is 9.11. The molecular weight excluding hydrogens is 298 g/mol. The predicted octanol–water partition coefficient (Wildman–Crippen LogP) is 0.735. The van der Waals surface area contributed by atoms with Gasteiger partial charge in [-0.3, -0.25) is 4.79 Å². The van der Waals surface area contributed by atoms with Crippen molar-refractivity contribution in [2.45, 2.75) is 13.0 Å². The van der Waals surface area contributed by atoms with Gasteiger partial charge >= 0.3 is 5.97 Å². The molecule has 0 saturated heterocycles. The highest BCUT2D eigenvalue weighted by Gasteiger charge is 2.24. The normalized spacial score (nSPS) is 11.9. The predicted molar refractivity (Wildman–Crippen MR) is 63.1 cm³/mol. The van der Waals surface area contributed by atoms with E-state index in [0.717, 1.165) is 3.79 Å². The summed E-state index contributed by atoms with van der Waals surface area (Å²) in [5.74, 6) is -1.39. The fourth-order valence-corrected chi connectivity index (χ4v) is 1.94. The Morgan fingerprint density at radius 2 is 2.44 bits per heavy atom. The van der Waals surface area contributed by atoms with Crippen molar-refractivity contribution in [3.63, 3.8) is 0 Å². The molecule has 16 heavy (non-hydrogen) atoms. The summed E-state index contributed by atoms with van der Waals surface area (Å²) in [5, 5.41) is 2.79. The van der Waals surface area contributed by atoms with Gasteiger partial charge in [-0.1, -0.05) is 11.3 Å². The average Bonchev–Trinajstić information content (AvgIpc) is 2.63. The number of esters is 1. The smallest absolute Gasteiger partial charge is 0.332 e. The van der Waals surface area contributed by atoms with E-state index in [9.17, 15) is 9.59 Å². The molecule has 0 saturated carbocycles. The molecule has 1 aromatic heterocycles. The number of hydrogen-bond acceptors (Lipinski definition) is 6. The SMILES string of the molecule is CCOC(=O)C(N)C(=O)Nc1ncc(Br)s1. The molecule has 1 heterocycles. The summed E-state index contributed by atoms with van der Waals surface area (Å²) in [6.45, 7) is 1.82. The van der Waals surface area contributed by atoms with Gasteiger partial charge in [0.25, 0.3) is 5.91 Å². The van der Waals surface area contributed by atoms with Crippen LogP contribution in [0.1, 0.15) is 6.92 Å². The average molecular weight is 308 g/mol. The summed E-state index contributed by atoms with van der Waals surface area (Å²) in [5.41, 5.74) is 5.38. The van der Waals surface area contributed by atoms with Crippen LogP contribution in [-0.2, 0) is 14.3 Å². The van der Waals surface area contributed by atoms with Crippen LogP contribution in [0.5, 0.6) is 0 Å². The van der Waals surface area contributed by atoms with Gasteiger partial charge in [-0.2, -0.15) is 0 Å². The number of anilines is 1. The number of nitrogens with two attached hydrogens (primary N) is 1. The summed E-state index contributed by atoms with van der Waals surface area (Å²) >= 11 is 4.42. The monoisotopic (exact) mass is 307 g/mol. The van der Waals surface area contributed by atoms with E-state index in [-0.39, 0.29) is 6.61 Å². The van der Waals surface area contributed by atoms with Crippen LogP contribution in [0.4, 0.5) is 5.13 Å². The third-order valence-corrected chi connectivity index (χ3v) is 2.92. The van der Waals surface area contributed by atoms with Gasteiger partial charge in [0, 0.05) is 0 Å². The summed E-state index contributed by atoms with van der Waals surface area (Å²) in [4.78, 5) is 26.5. The van der Waals surface area contributed by atoms with Crippen molar-refractivity contribution in [3.8, 4) is 0 Å². The Bertz CT molecular complexity index is 396. The standard InChI is InChI=1S/C8H10BrN3O3S/c1-2-15-7(14)5(10)6(13)12-8-11-3-4(9)16-8/h3,5H,2,10H2,1H3,(H,11,12,13). The van der Waals surface area contributed by atoms with Crippen LogP contribution in [0.3, 0.4) is 0 Å². The zero-order valence-corrected chi connectivity index (χ0v) is 10.8. The van der Waals surface area contributed by atoms with E-state index >= 15 is 0 Å². The van der Waals surface area contributed by atoms with Gasteiger partial charge in [-0.05, 0) is 22.9 Å². The Morgan fingerprint density at radius 3 is 2.94 bits per heavy atom. The quantitative estimate of drug-likeness (QED) is 0.632. The third-order valence-electron chi connectivity index (χ3n) is 1.53. The van der Waals surface area contributed by atoms with Crippen LogP contribution in [-0.4, -0.2) is 29.5 Å². The van der Waals surface area contributed by atoms with Crippen molar-refractivity contribution in [1.82, 2.24) is 4.98 Å². The minimum Gasteiger partial charge on any atom is -0.464 e.